The molecular formula is H3CrFeO4P. The molecule has 0 unspecified atom stereocenters. The molecule has 0 atom stereocenters. The van der Waals surface area contributed by atoms with E-state index in [9.17, 15) is 0 Å². The Kier molecular flexibility index (Phi) is 11.9. The molecule has 0 spiro atoms. The summed E-state index contributed by atoms with van der Waals surface area (Å²) < 4.78 is 8.88. The topological polar surface area (TPSA) is 77.8 Å². The van der Waals surface area contributed by atoms with Gasteiger partial charge in [-0.05, 0) is 0 Å². The Morgan fingerprint density at radius 3 is 1.14 bits per heavy atom. The molecule has 4 nitrogen and oxygen atoms in total. The van der Waals surface area contributed by atoms with Crippen molar-refractivity contribution in [1.82, 2.24) is 0 Å². The first kappa shape index (κ1) is 15.7. The van der Waals surface area contributed by atoms with Crippen LogP contribution in [0.15, 0.2) is 0 Å². The third-order valence-corrected chi connectivity index (χ3v) is 0. The summed E-state index contributed by atoms with van der Waals surface area (Å²) in [6, 6.07) is 0. The summed E-state index contributed by atoms with van der Waals surface area (Å²) in [4.78, 5) is 21.6. The van der Waals surface area contributed by atoms with Crippen LogP contribution in [0.25, 0.3) is 0 Å². The van der Waals surface area contributed by atoms with Gasteiger partial charge in [0.15, 0.2) is 0 Å². The summed E-state index contributed by atoms with van der Waals surface area (Å²) in [6.07, 6.45) is 0. The van der Waals surface area contributed by atoms with Gasteiger partial charge in [-0.1, -0.05) is 0 Å². The van der Waals surface area contributed by atoms with Crippen molar-refractivity contribution in [2.45, 2.75) is 0 Å². The summed E-state index contributed by atoms with van der Waals surface area (Å²) in [5, 5.41) is 0. The summed E-state index contributed by atoms with van der Waals surface area (Å²) >= 11 is 0. The molecule has 0 rings (SSSR count). The fourth-order valence-electron chi connectivity index (χ4n) is 0. The van der Waals surface area contributed by atoms with Crippen LogP contribution >= 0.6 is 7.82 Å². The van der Waals surface area contributed by atoms with Crippen molar-refractivity contribution >= 4 is 7.82 Å². The van der Waals surface area contributed by atoms with E-state index in [0.29, 0.717) is 0 Å². The predicted octanol–water partition coefficient (Wildman–Crippen LogP) is -0.934. The Hall–Kier alpha value is 1.16. The smallest absolute Gasteiger partial charge is 0.303 e. The molecule has 7 heavy (non-hydrogen) atoms. The van der Waals surface area contributed by atoms with Crippen molar-refractivity contribution in [2.75, 3.05) is 0 Å². The van der Waals surface area contributed by atoms with E-state index in [4.69, 9.17) is 19.2 Å². The van der Waals surface area contributed by atoms with Crippen LogP contribution in [0.2, 0.25) is 0 Å². The van der Waals surface area contributed by atoms with E-state index in [-0.39, 0.29) is 34.4 Å². The maximum atomic E-state index is 8.88. The van der Waals surface area contributed by atoms with E-state index < -0.39 is 7.82 Å². The Bertz CT molecular complexity index is 57.8. The van der Waals surface area contributed by atoms with Crippen molar-refractivity contribution in [1.29, 1.82) is 0 Å². The molecule has 0 saturated heterocycles. The summed E-state index contributed by atoms with van der Waals surface area (Å²) in [5.41, 5.74) is 0. The molecule has 0 aliphatic heterocycles. The van der Waals surface area contributed by atoms with E-state index in [1.807, 2.05) is 0 Å². The zero-order valence-electron chi connectivity index (χ0n) is 2.96. The van der Waals surface area contributed by atoms with E-state index in [1.54, 1.807) is 0 Å². The first-order valence-corrected chi connectivity index (χ1v) is 2.35. The first-order chi connectivity index (χ1) is 2.00. The second-order valence-electron chi connectivity index (χ2n) is 0.513. The van der Waals surface area contributed by atoms with Crippen LogP contribution in [0, 0.1) is 0 Å². The van der Waals surface area contributed by atoms with Crippen LogP contribution < -0.4 is 0 Å². The zero-order valence-corrected chi connectivity index (χ0v) is 6.23. The molecule has 0 saturated carbocycles. The SMILES string of the molecule is O=P(O)(O)O.[Cr].[Fe]. The Morgan fingerprint density at radius 2 is 1.14 bits per heavy atom. The number of hydrogen-bond acceptors (Lipinski definition) is 1. The van der Waals surface area contributed by atoms with Crippen LogP contribution in [-0.2, 0) is 39.0 Å². The van der Waals surface area contributed by atoms with Gasteiger partial charge >= 0.3 is 7.82 Å². The predicted molar refractivity (Wildman–Crippen MR) is 14.3 cm³/mol. The average molecular weight is 206 g/mol. The van der Waals surface area contributed by atoms with Gasteiger partial charge in [0.05, 0.1) is 0 Å². The number of phosphoric acid groups is 1. The molecule has 3 N–H and O–H groups in total. The molecule has 0 amide bonds. The van der Waals surface area contributed by atoms with Crippen LogP contribution in [0.5, 0.6) is 0 Å². The Balaban J connectivity index is -0.0000000800. The summed E-state index contributed by atoms with van der Waals surface area (Å²) in [7, 11) is -4.64. The van der Waals surface area contributed by atoms with Crippen molar-refractivity contribution < 1.29 is 53.7 Å². The molecule has 0 aromatic carbocycles. The third kappa shape index (κ3) is 141. The molecular weight excluding hydrogens is 203 g/mol. The van der Waals surface area contributed by atoms with Crippen molar-refractivity contribution in [3.8, 4) is 0 Å². The van der Waals surface area contributed by atoms with Crippen LogP contribution in [0.4, 0.5) is 0 Å². The van der Waals surface area contributed by atoms with E-state index in [2.05, 4.69) is 0 Å². The maximum absolute atomic E-state index is 8.88. The van der Waals surface area contributed by atoms with E-state index in [1.165, 1.54) is 0 Å². The molecule has 0 aliphatic rings. The molecule has 0 aliphatic carbocycles. The van der Waals surface area contributed by atoms with E-state index in [0.717, 1.165) is 0 Å². The minimum absolute atomic E-state index is 0. The standard InChI is InChI=1S/Cr.Fe.H3O4P/c;;1-5(2,3)4/h;;(H3,1,2,3,4). The largest absolute Gasteiger partial charge is 0.466 e. The van der Waals surface area contributed by atoms with Crippen molar-refractivity contribution in [2.24, 2.45) is 0 Å². The van der Waals surface area contributed by atoms with Gasteiger partial charge in [0.2, 0.25) is 0 Å². The van der Waals surface area contributed by atoms with Gasteiger partial charge in [0.1, 0.15) is 0 Å². The maximum Gasteiger partial charge on any atom is 0.466 e. The Labute approximate surface area is 61.8 Å². The van der Waals surface area contributed by atoms with Crippen LogP contribution in [-0.4, -0.2) is 14.7 Å². The minimum atomic E-state index is -4.64. The molecule has 7 heteroatoms. The molecule has 0 radical (unpaired) electrons. The van der Waals surface area contributed by atoms with Gasteiger partial charge in [-0.3, -0.25) is 0 Å². The number of hydrogen-bond donors (Lipinski definition) is 3. The quantitative estimate of drug-likeness (QED) is 0.353. The molecule has 46 valence electrons. The first-order valence-electron chi connectivity index (χ1n) is 0.783. The fraction of sp³-hybridized carbons (Fsp3) is 0. The molecule has 0 fully saturated rings. The monoisotopic (exact) mass is 206 g/mol. The van der Waals surface area contributed by atoms with Crippen molar-refractivity contribution in [3.63, 3.8) is 0 Å². The molecule has 0 bridgehead atoms. The molecule has 0 heterocycles. The minimum Gasteiger partial charge on any atom is -0.303 e. The normalized spacial score (nSPS) is 8.43. The van der Waals surface area contributed by atoms with Gasteiger partial charge in [0, 0.05) is 34.4 Å². The number of rotatable bonds is 0. The van der Waals surface area contributed by atoms with E-state index >= 15 is 0 Å². The molecule has 0 aromatic heterocycles. The van der Waals surface area contributed by atoms with Crippen molar-refractivity contribution in [3.05, 3.63) is 0 Å². The van der Waals surface area contributed by atoms with Gasteiger partial charge in [-0.15, -0.1) is 0 Å². The fourth-order valence-corrected chi connectivity index (χ4v) is 0. The van der Waals surface area contributed by atoms with Crippen LogP contribution in [0.1, 0.15) is 0 Å². The van der Waals surface area contributed by atoms with Gasteiger partial charge in [-0.25, -0.2) is 4.57 Å². The zero-order chi connectivity index (χ0) is 4.50. The average Bonchev–Trinajstić information content (AvgIpc) is 0.722. The second-order valence-corrected chi connectivity index (χ2v) is 1.54. The Morgan fingerprint density at radius 1 is 1.14 bits per heavy atom. The summed E-state index contributed by atoms with van der Waals surface area (Å²) in [6.45, 7) is 0. The third-order valence-electron chi connectivity index (χ3n) is 0. The second kappa shape index (κ2) is 5.30. The van der Waals surface area contributed by atoms with Gasteiger partial charge in [0.25, 0.3) is 0 Å². The van der Waals surface area contributed by atoms with Gasteiger partial charge < -0.3 is 14.7 Å². The van der Waals surface area contributed by atoms with Crippen LogP contribution in [0.3, 0.4) is 0 Å². The molecule has 0 aromatic rings. The summed E-state index contributed by atoms with van der Waals surface area (Å²) in [5.74, 6) is 0. The van der Waals surface area contributed by atoms with Gasteiger partial charge in [-0.2, -0.15) is 0 Å².